The largest absolute Gasteiger partial charge is 0.480 e. The van der Waals surface area contributed by atoms with E-state index in [1.165, 1.54) is 17.3 Å². The number of carbonyl (C=O) groups excluding carboxylic acids is 2. The van der Waals surface area contributed by atoms with Gasteiger partial charge in [-0.15, -0.1) is 0 Å². The van der Waals surface area contributed by atoms with E-state index in [0.29, 0.717) is 5.56 Å². The lowest BCUT2D eigenvalue weighted by atomic mass is 9.99. The summed E-state index contributed by atoms with van der Waals surface area (Å²) < 4.78 is 0. The molecule has 116 valence electrons. The Balaban J connectivity index is 2.32. The van der Waals surface area contributed by atoms with Crippen molar-refractivity contribution in [1.82, 2.24) is 9.80 Å². The summed E-state index contributed by atoms with van der Waals surface area (Å²) in [6.45, 7) is 3.24. The number of nitrogens with zero attached hydrogens (tertiary/aromatic N) is 2. The average molecular weight is 302 g/mol. The Hall–Kier alpha value is -2.63. The van der Waals surface area contributed by atoms with Gasteiger partial charge in [-0.1, -0.05) is 32.0 Å². The molecule has 1 aromatic carbocycles. The second kappa shape index (κ2) is 6.43. The second-order valence-electron chi connectivity index (χ2n) is 5.43. The maximum absolute atomic E-state index is 12.6. The third-order valence-electron chi connectivity index (χ3n) is 3.44. The lowest BCUT2D eigenvalue weighted by Gasteiger charge is -2.37. The van der Waals surface area contributed by atoms with Crippen molar-refractivity contribution in [3.8, 4) is 0 Å². The number of benzene rings is 1. The normalized spacial score (nSPS) is 18.0. The molecule has 1 N–H and O–H groups in total. The molecule has 1 heterocycles. The maximum Gasteiger partial charge on any atom is 0.323 e. The van der Waals surface area contributed by atoms with Crippen LogP contribution in [0, 0.1) is 5.92 Å². The molecular formula is C16H18N2O4. The summed E-state index contributed by atoms with van der Waals surface area (Å²) in [5, 5.41) is 8.85. The van der Waals surface area contributed by atoms with Crippen LogP contribution in [0.15, 0.2) is 42.7 Å². The van der Waals surface area contributed by atoms with Crippen LogP contribution in [0.3, 0.4) is 0 Å². The van der Waals surface area contributed by atoms with E-state index in [1.54, 1.807) is 24.3 Å². The van der Waals surface area contributed by atoms with Crippen molar-refractivity contribution in [2.45, 2.75) is 19.9 Å². The molecule has 6 nitrogen and oxygen atoms in total. The van der Waals surface area contributed by atoms with Gasteiger partial charge < -0.3 is 14.9 Å². The van der Waals surface area contributed by atoms with Crippen LogP contribution in [-0.4, -0.2) is 45.3 Å². The molecule has 1 unspecified atom stereocenters. The summed E-state index contributed by atoms with van der Waals surface area (Å²) in [6.07, 6.45) is 2.82. The molecule has 0 fully saturated rings. The average Bonchev–Trinajstić information content (AvgIpc) is 2.48. The summed E-state index contributed by atoms with van der Waals surface area (Å²) in [6, 6.07) is 7.97. The smallest absolute Gasteiger partial charge is 0.323 e. The third kappa shape index (κ3) is 3.16. The van der Waals surface area contributed by atoms with E-state index >= 15 is 0 Å². The molecule has 0 saturated heterocycles. The first-order valence-electron chi connectivity index (χ1n) is 7.00. The van der Waals surface area contributed by atoms with Gasteiger partial charge in [0.2, 0.25) is 0 Å². The van der Waals surface area contributed by atoms with E-state index in [4.69, 9.17) is 5.11 Å². The fourth-order valence-corrected chi connectivity index (χ4v) is 2.41. The van der Waals surface area contributed by atoms with E-state index in [0.717, 1.165) is 4.90 Å². The summed E-state index contributed by atoms with van der Waals surface area (Å²) in [7, 11) is 0. The van der Waals surface area contributed by atoms with Crippen LogP contribution in [0.2, 0.25) is 0 Å². The zero-order chi connectivity index (χ0) is 16.3. The first kappa shape index (κ1) is 15.8. The molecule has 0 saturated carbocycles. The van der Waals surface area contributed by atoms with Crippen LogP contribution in [-0.2, 0) is 9.59 Å². The van der Waals surface area contributed by atoms with Crippen molar-refractivity contribution in [2.24, 2.45) is 5.92 Å². The SMILES string of the molecule is CC(C)C1C(=O)N(CC(=O)O)C=CN1C(=O)c1ccccc1. The van der Waals surface area contributed by atoms with Gasteiger partial charge in [-0.25, -0.2) is 0 Å². The molecule has 2 rings (SSSR count). The van der Waals surface area contributed by atoms with Gasteiger partial charge in [0, 0.05) is 18.0 Å². The van der Waals surface area contributed by atoms with Gasteiger partial charge in [0.25, 0.3) is 11.8 Å². The van der Waals surface area contributed by atoms with Crippen LogP contribution in [0.4, 0.5) is 0 Å². The highest BCUT2D eigenvalue weighted by atomic mass is 16.4. The predicted molar refractivity (Wildman–Crippen MR) is 79.7 cm³/mol. The van der Waals surface area contributed by atoms with Crippen LogP contribution < -0.4 is 0 Å². The Labute approximate surface area is 128 Å². The number of amides is 2. The van der Waals surface area contributed by atoms with Gasteiger partial charge in [0.15, 0.2) is 0 Å². The van der Waals surface area contributed by atoms with Gasteiger partial charge >= 0.3 is 5.97 Å². The minimum atomic E-state index is -1.09. The van der Waals surface area contributed by atoms with Crippen LogP contribution in [0.5, 0.6) is 0 Å². The molecule has 0 radical (unpaired) electrons. The molecule has 22 heavy (non-hydrogen) atoms. The monoisotopic (exact) mass is 302 g/mol. The highest BCUT2D eigenvalue weighted by Gasteiger charge is 2.37. The predicted octanol–water partition coefficient (Wildman–Crippen LogP) is 1.55. The van der Waals surface area contributed by atoms with Gasteiger partial charge in [-0.3, -0.25) is 14.4 Å². The van der Waals surface area contributed by atoms with E-state index in [1.807, 2.05) is 19.9 Å². The van der Waals surface area contributed by atoms with Crippen molar-refractivity contribution >= 4 is 17.8 Å². The van der Waals surface area contributed by atoms with Gasteiger partial charge in [-0.05, 0) is 18.1 Å². The first-order chi connectivity index (χ1) is 10.4. The summed E-state index contributed by atoms with van der Waals surface area (Å²) in [5.74, 6) is -1.90. The fraction of sp³-hybridized carbons (Fsp3) is 0.312. The van der Waals surface area contributed by atoms with Crippen molar-refractivity contribution < 1.29 is 19.5 Å². The molecule has 1 aliphatic heterocycles. The zero-order valence-electron chi connectivity index (χ0n) is 12.5. The highest BCUT2D eigenvalue weighted by molar-refractivity contribution is 5.99. The number of carbonyl (C=O) groups is 3. The van der Waals surface area contributed by atoms with Crippen molar-refractivity contribution in [3.05, 3.63) is 48.3 Å². The van der Waals surface area contributed by atoms with Crippen molar-refractivity contribution in [3.63, 3.8) is 0 Å². The summed E-state index contributed by atoms with van der Waals surface area (Å²) in [5.41, 5.74) is 0.484. The third-order valence-corrected chi connectivity index (χ3v) is 3.44. The number of hydrogen-bond donors (Lipinski definition) is 1. The highest BCUT2D eigenvalue weighted by Crippen LogP contribution is 2.22. The molecule has 6 heteroatoms. The fourth-order valence-electron chi connectivity index (χ4n) is 2.41. The van der Waals surface area contributed by atoms with Crippen molar-refractivity contribution in [2.75, 3.05) is 6.54 Å². The number of carboxylic acid groups (broad SMARTS) is 1. The lowest BCUT2D eigenvalue weighted by Crippen LogP contribution is -2.54. The Morgan fingerprint density at radius 2 is 1.82 bits per heavy atom. The van der Waals surface area contributed by atoms with E-state index in [9.17, 15) is 14.4 Å². The Morgan fingerprint density at radius 1 is 1.18 bits per heavy atom. The number of hydrogen-bond acceptors (Lipinski definition) is 3. The summed E-state index contributed by atoms with van der Waals surface area (Å²) in [4.78, 5) is 38.4. The first-order valence-corrected chi connectivity index (χ1v) is 7.00. The van der Waals surface area contributed by atoms with Gasteiger partial charge in [0.05, 0.1) is 0 Å². The maximum atomic E-state index is 12.6. The van der Waals surface area contributed by atoms with Gasteiger partial charge in [0.1, 0.15) is 12.6 Å². The van der Waals surface area contributed by atoms with Crippen LogP contribution >= 0.6 is 0 Å². The summed E-state index contributed by atoms with van der Waals surface area (Å²) >= 11 is 0. The number of carboxylic acids is 1. The molecule has 1 aliphatic rings. The van der Waals surface area contributed by atoms with Crippen molar-refractivity contribution in [1.29, 1.82) is 0 Å². The molecule has 0 bridgehead atoms. The topological polar surface area (TPSA) is 77.9 Å². The van der Waals surface area contributed by atoms with E-state index < -0.39 is 18.6 Å². The molecule has 2 amide bonds. The lowest BCUT2D eigenvalue weighted by molar-refractivity contribution is -0.145. The Morgan fingerprint density at radius 3 is 2.36 bits per heavy atom. The quantitative estimate of drug-likeness (QED) is 0.915. The minimum Gasteiger partial charge on any atom is -0.480 e. The van der Waals surface area contributed by atoms with E-state index in [-0.39, 0.29) is 17.7 Å². The second-order valence-corrected chi connectivity index (χ2v) is 5.43. The van der Waals surface area contributed by atoms with E-state index in [2.05, 4.69) is 0 Å². The Bertz CT molecular complexity index is 610. The number of aliphatic carboxylic acids is 1. The molecule has 0 aromatic heterocycles. The van der Waals surface area contributed by atoms with Gasteiger partial charge in [-0.2, -0.15) is 0 Å². The molecular weight excluding hydrogens is 284 g/mol. The standard InChI is InChI=1S/C16H18N2O4/c1-11(2)14-16(22)17(10-13(19)20)8-9-18(14)15(21)12-6-4-3-5-7-12/h3-9,11,14H,10H2,1-2H3,(H,19,20). The Kier molecular flexibility index (Phi) is 4.60. The minimum absolute atomic E-state index is 0.138. The molecule has 1 aromatic rings. The molecule has 0 spiro atoms. The van der Waals surface area contributed by atoms with Crippen LogP contribution in [0.25, 0.3) is 0 Å². The molecule has 1 atom stereocenters. The zero-order valence-corrected chi connectivity index (χ0v) is 12.5. The molecule has 0 aliphatic carbocycles. The van der Waals surface area contributed by atoms with Crippen LogP contribution in [0.1, 0.15) is 24.2 Å². The number of rotatable bonds is 4.